The summed E-state index contributed by atoms with van der Waals surface area (Å²) >= 11 is 0. The summed E-state index contributed by atoms with van der Waals surface area (Å²) in [7, 11) is 0. The van der Waals surface area contributed by atoms with Gasteiger partial charge in [0.1, 0.15) is 5.82 Å². The molecule has 3 nitrogen and oxygen atoms in total. The van der Waals surface area contributed by atoms with Crippen molar-refractivity contribution in [3.63, 3.8) is 0 Å². The van der Waals surface area contributed by atoms with Gasteiger partial charge in [0.2, 0.25) is 0 Å². The quantitative estimate of drug-likeness (QED) is 0.752. The van der Waals surface area contributed by atoms with Gasteiger partial charge in [-0.15, -0.1) is 0 Å². The third-order valence-corrected chi connectivity index (χ3v) is 4.94. The molecule has 0 amide bonds. The van der Waals surface area contributed by atoms with Gasteiger partial charge in [-0.05, 0) is 29.4 Å². The zero-order valence-corrected chi connectivity index (χ0v) is 12.2. The predicted octanol–water partition coefficient (Wildman–Crippen LogP) is 4.02. The second-order valence-electron chi connectivity index (χ2n) is 6.22. The van der Waals surface area contributed by atoms with Crippen LogP contribution in [0.25, 0.3) is 10.9 Å². The van der Waals surface area contributed by atoms with Crippen LogP contribution in [-0.4, -0.2) is 14.5 Å². The Bertz CT molecular complexity index is 707. The smallest absolute Gasteiger partial charge is 0.106 e. The van der Waals surface area contributed by atoms with Crippen LogP contribution in [0, 0.1) is 11.8 Å². The van der Waals surface area contributed by atoms with Crippen LogP contribution in [0.15, 0.2) is 48.9 Å². The molecule has 1 unspecified atom stereocenters. The van der Waals surface area contributed by atoms with Crippen molar-refractivity contribution in [3.8, 4) is 0 Å². The lowest BCUT2D eigenvalue weighted by molar-refractivity contribution is 0.184. The first-order valence-electron chi connectivity index (χ1n) is 7.92. The minimum atomic E-state index is 0.681. The Labute approximate surface area is 125 Å². The van der Waals surface area contributed by atoms with Crippen LogP contribution in [0.4, 0.5) is 0 Å². The van der Waals surface area contributed by atoms with Crippen LogP contribution in [-0.2, 0) is 13.0 Å². The number of fused-ring (bicyclic) bond motifs is 1. The number of aromatic nitrogens is 3. The van der Waals surface area contributed by atoms with E-state index in [0.29, 0.717) is 5.92 Å². The Balaban J connectivity index is 1.58. The van der Waals surface area contributed by atoms with E-state index in [4.69, 9.17) is 0 Å². The highest BCUT2D eigenvalue weighted by molar-refractivity contribution is 5.79. The lowest BCUT2D eigenvalue weighted by atomic mass is 9.74. The summed E-state index contributed by atoms with van der Waals surface area (Å²) in [6.45, 7) is 1.10. The Hall–Kier alpha value is -2.03. The Morgan fingerprint density at radius 3 is 2.90 bits per heavy atom. The van der Waals surface area contributed by atoms with Gasteiger partial charge in [0.05, 0.1) is 0 Å². The number of imidazole rings is 1. The maximum absolute atomic E-state index is 4.42. The van der Waals surface area contributed by atoms with Gasteiger partial charge in [-0.1, -0.05) is 37.5 Å². The number of nitrogens with one attached hydrogen (secondary N) is 1. The molecular formula is C18H21N3. The molecule has 108 valence electrons. The number of H-pyrrole nitrogens is 1. The number of hydrogen-bond acceptors (Lipinski definition) is 1. The molecule has 0 bridgehead atoms. The molecule has 1 aliphatic rings. The van der Waals surface area contributed by atoms with E-state index in [0.717, 1.165) is 24.7 Å². The van der Waals surface area contributed by atoms with Gasteiger partial charge in [-0.25, -0.2) is 4.98 Å². The lowest BCUT2D eigenvalue weighted by Crippen LogP contribution is -2.28. The molecule has 1 aliphatic carbocycles. The van der Waals surface area contributed by atoms with Crippen LogP contribution < -0.4 is 0 Å². The van der Waals surface area contributed by atoms with E-state index in [1.807, 2.05) is 12.4 Å². The molecule has 1 aromatic carbocycles. The molecule has 3 aromatic rings. The summed E-state index contributed by atoms with van der Waals surface area (Å²) in [5.74, 6) is 2.67. The van der Waals surface area contributed by atoms with Gasteiger partial charge in [0, 0.05) is 37.1 Å². The van der Waals surface area contributed by atoms with Crippen LogP contribution in [0.5, 0.6) is 0 Å². The number of aromatic amines is 1. The first-order chi connectivity index (χ1) is 10.4. The van der Waals surface area contributed by atoms with E-state index in [2.05, 4.69) is 51.1 Å². The van der Waals surface area contributed by atoms with Crippen LogP contribution in [0.2, 0.25) is 0 Å². The number of para-hydroxylation sites is 1. The summed E-state index contributed by atoms with van der Waals surface area (Å²) in [5, 5.41) is 1.34. The average molecular weight is 279 g/mol. The average Bonchev–Trinajstić information content (AvgIpc) is 3.07. The van der Waals surface area contributed by atoms with E-state index in [-0.39, 0.29) is 0 Å². The summed E-state index contributed by atoms with van der Waals surface area (Å²) in [6, 6.07) is 10.9. The van der Waals surface area contributed by atoms with Crippen molar-refractivity contribution in [1.82, 2.24) is 14.5 Å². The van der Waals surface area contributed by atoms with E-state index in [9.17, 15) is 0 Å². The van der Waals surface area contributed by atoms with E-state index in [1.165, 1.54) is 30.2 Å². The van der Waals surface area contributed by atoms with Gasteiger partial charge in [-0.3, -0.25) is 0 Å². The van der Waals surface area contributed by atoms with Crippen LogP contribution in [0.1, 0.15) is 25.1 Å². The van der Waals surface area contributed by atoms with Gasteiger partial charge in [0.25, 0.3) is 0 Å². The standard InChI is InChI=1S/C18H21N3/c1-2-7-17-15(4-1)8-11-21(17)13-16(14-5-3-6-14)12-18-19-9-10-20-18/h1-2,4,7-11,14,16H,3,5-6,12-13H2,(H,19,20). The maximum Gasteiger partial charge on any atom is 0.106 e. The number of hydrogen-bond donors (Lipinski definition) is 1. The lowest BCUT2D eigenvalue weighted by Gasteiger charge is -2.34. The zero-order valence-electron chi connectivity index (χ0n) is 12.2. The van der Waals surface area contributed by atoms with Gasteiger partial charge >= 0.3 is 0 Å². The largest absolute Gasteiger partial charge is 0.349 e. The molecule has 21 heavy (non-hydrogen) atoms. The van der Waals surface area contributed by atoms with Crippen molar-refractivity contribution in [1.29, 1.82) is 0 Å². The van der Waals surface area contributed by atoms with Crippen molar-refractivity contribution < 1.29 is 0 Å². The third kappa shape index (κ3) is 2.48. The Morgan fingerprint density at radius 1 is 1.24 bits per heavy atom. The summed E-state index contributed by atoms with van der Waals surface area (Å²) < 4.78 is 2.42. The Kier molecular flexibility index (Phi) is 3.26. The summed E-state index contributed by atoms with van der Waals surface area (Å²) in [4.78, 5) is 7.69. The molecule has 0 aliphatic heterocycles. The second kappa shape index (κ2) is 5.40. The van der Waals surface area contributed by atoms with Crippen molar-refractivity contribution in [3.05, 3.63) is 54.7 Å². The van der Waals surface area contributed by atoms with E-state index < -0.39 is 0 Å². The first kappa shape index (κ1) is 12.7. The van der Waals surface area contributed by atoms with Crippen molar-refractivity contribution in [2.75, 3.05) is 0 Å². The molecule has 2 heterocycles. The molecule has 0 saturated heterocycles. The molecule has 0 spiro atoms. The highest BCUT2D eigenvalue weighted by atomic mass is 15.0. The fraction of sp³-hybridized carbons (Fsp3) is 0.389. The fourth-order valence-corrected chi connectivity index (χ4v) is 3.50. The highest BCUT2D eigenvalue weighted by Crippen LogP contribution is 2.36. The summed E-state index contributed by atoms with van der Waals surface area (Å²) in [6.07, 6.45) is 11.2. The Morgan fingerprint density at radius 2 is 2.14 bits per heavy atom. The van der Waals surface area contributed by atoms with Crippen molar-refractivity contribution in [2.45, 2.75) is 32.2 Å². The highest BCUT2D eigenvalue weighted by Gasteiger charge is 2.28. The number of benzene rings is 1. The minimum absolute atomic E-state index is 0.681. The molecule has 0 radical (unpaired) electrons. The first-order valence-corrected chi connectivity index (χ1v) is 7.92. The predicted molar refractivity (Wildman–Crippen MR) is 85.1 cm³/mol. The van der Waals surface area contributed by atoms with Gasteiger partial charge in [0.15, 0.2) is 0 Å². The molecular weight excluding hydrogens is 258 g/mol. The van der Waals surface area contributed by atoms with E-state index >= 15 is 0 Å². The van der Waals surface area contributed by atoms with Crippen LogP contribution in [0.3, 0.4) is 0 Å². The summed E-state index contributed by atoms with van der Waals surface area (Å²) in [5.41, 5.74) is 1.35. The molecule has 1 saturated carbocycles. The minimum Gasteiger partial charge on any atom is -0.349 e. The van der Waals surface area contributed by atoms with Crippen molar-refractivity contribution >= 4 is 10.9 Å². The number of rotatable bonds is 5. The normalized spacial score (nSPS) is 17.0. The molecule has 1 atom stereocenters. The second-order valence-corrected chi connectivity index (χ2v) is 6.22. The van der Waals surface area contributed by atoms with Crippen molar-refractivity contribution in [2.24, 2.45) is 11.8 Å². The van der Waals surface area contributed by atoms with E-state index in [1.54, 1.807) is 0 Å². The van der Waals surface area contributed by atoms with Gasteiger partial charge in [-0.2, -0.15) is 0 Å². The third-order valence-electron chi connectivity index (χ3n) is 4.94. The number of nitrogens with zero attached hydrogens (tertiary/aromatic N) is 2. The zero-order chi connectivity index (χ0) is 14.1. The maximum atomic E-state index is 4.42. The molecule has 1 fully saturated rings. The van der Waals surface area contributed by atoms with Gasteiger partial charge < -0.3 is 9.55 Å². The monoisotopic (exact) mass is 279 g/mol. The van der Waals surface area contributed by atoms with Crippen LogP contribution >= 0.6 is 0 Å². The fourth-order valence-electron chi connectivity index (χ4n) is 3.50. The topological polar surface area (TPSA) is 33.6 Å². The SMILES string of the molecule is c1ccc2c(c1)ccn2CC(Cc1ncc[nH]1)C1CCC1. The molecule has 2 aromatic heterocycles. The molecule has 1 N–H and O–H groups in total. The molecule has 4 rings (SSSR count). The molecule has 3 heteroatoms.